The van der Waals surface area contributed by atoms with Gasteiger partial charge in [-0.3, -0.25) is 0 Å². The van der Waals surface area contributed by atoms with Crippen LogP contribution in [0, 0.1) is 0 Å². The van der Waals surface area contributed by atoms with Gasteiger partial charge in [-0.1, -0.05) is 18.5 Å². The van der Waals surface area contributed by atoms with Crippen molar-refractivity contribution in [2.75, 3.05) is 46.4 Å². The molecule has 0 aromatic heterocycles. The van der Waals surface area contributed by atoms with E-state index in [1.807, 2.05) is 0 Å². The fourth-order valence-electron chi connectivity index (χ4n) is 2.39. The first-order chi connectivity index (χ1) is 11.4. The van der Waals surface area contributed by atoms with Gasteiger partial charge in [0.2, 0.25) is 10.0 Å². The number of hydrogen-bond donors (Lipinski definition) is 0. The second kappa shape index (κ2) is 8.15. The topological polar surface area (TPSA) is 76.2 Å². The monoisotopic (exact) mass is 376 g/mol. The second-order valence-electron chi connectivity index (χ2n) is 5.30. The number of esters is 1. The third kappa shape index (κ3) is 4.38. The fraction of sp³-hybridized carbons (Fsp3) is 0.533. The molecule has 1 aliphatic heterocycles. The number of ether oxygens (including phenoxy) is 2. The number of piperazine rings is 1. The van der Waals surface area contributed by atoms with E-state index in [-0.39, 0.29) is 22.3 Å². The van der Waals surface area contributed by atoms with Crippen molar-refractivity contribution in [2.45, 2.75) is 11.8 Å². The molecule has 0 bridgehead atoms. The van der Waals surface area contributed by atoms with Gasteiger partial charge in [-0.2, -0.15) is 4.31 Å². The molecule has 24 heavy (non-hydrogen) atoms. The molecular formula is C15H21ClN2O5S. The Morgan fingerprint density at radius 2 is 1.92 bits per heavy atom. The van der Waals surface area contributed by atoms with Crippen LogP contribution in [-0.4, -0.2) is 70.0 Å². The van der Waals surface area contributed by atoms with Crippen LogP contribution in [0.25, 0.3) is 0 Å². The number of benzene rings is 1. The minimum absolute atomic E-state index is 0.114. The van der Waals surface area contributed by atoms with Crippen LogP contribution in [0.2, 0.25) is 5.02 Å². The molecule has 0 saturated carbocycles. The van der Waals surface area contributed by atoms with Crippen LogP contribution in [0.4, 0.5) is 0 Å². The van der Waals surface area contributed by atoms with Gasteiger partial charge < -0.3 is 14.4 Å². The number of rotatable bonds is 6. The Morgan fingerprint density at radius 3 is 2.46 bits per heavy atom. The van der Waals surface area contributed by atoms with E-state index in [0.29, 0.717) is 26.2 Å². The van der Waals surface area contributed by atoms with Gasteiger partial charge in [0.15, 0.2) is 6.61 Å². The SMILES string of the molecule is CCN1CCN(S(=O)(=O)c2ccc(OCC(=O)OC)c(Cl)c2)CC1. The van der Waals surface area contributed by atoms with Gasteiger partial charge in [0, 0.05) is 26.2 Å². The summed E-state index contributed by atoms with van der Waals surface area (Å²) in [5, 5.41) is 0.132. The summed E-state index contributed by atoms with van der Waals surface area (Å²) in [6.45, 7) is 5.00. The largest absolute Gasteiger partial charge is 0.480 e. The molecule has 1 saturated heterocycles. The molecule has 1 aromatic carbocycles. The Morgan fingerprint density at radius 1 is 1.25 bits per heavy atom. The van der Waals surface area contributed by atoms with E-state index in [1.54, 1.807) is 0 Å². The summed E-state index contributed by atoms with van der Waals surface area (Å²) in [7, 11) is -2.34. The Labute approximate surface area is 147 Å². The minimum Gasteiger partial charge on any atom is -0.480 e. The van der Waals surface area contributed by atoms with Gasteiger partial charge in [-0.05, 0) is 24.7 Å². The Bertz CT molecular complexity index is 687. The van der Waals surface area contributed by atoms with Crippen LogP contribution in [0.3, 0.4) is 0 Å². The Balaban J connectivity index is 2.11. The zero-order chi connectivity index (χ0) is 17.7. The highest BCUT2D eigenvalue weighted by molar-refractivity contribution is 7.89. The highest BCUT2D eigenvalue weighted by Crippen LogP contribution is 2.29. The summed E-state index contributed by atoms with van der Waals surface area (Å²) in [6.07, 6.45) is 0. The maximum absolute atomic E-state index is 12.7. The van der Waals surface area contributed by atoms with E-state index in [4.69, 9.17) is 16.3 Å². The molecule has 0 radical (unpaired) electrons. The number of likely N-dealkylation sites (N-methyl/N-ethyl adjacent to an activating group) is 1. The Kier molecular flexibility index (Phi) is 6.45. The van der Waals surface area contributed by atoms with Crippen molar-refractivity contribution in [1.82, 2.24) is 9.21 Å². The van der Waals surface area contributed by atoms with Gasteiger partial charge in [0.1, 0.15) is 5.75 Å². The van der Waals surface area contributed by atoms with Crippen LogP contribution in [0.1, 0.15) is 6.92 Å². The molecule has 0 amide bonds. The van der Waals surface area contributed by atoms with Gasteiger partial charge in [-0.25, -0.2) is 13.2 Å². The molecule has 9 heteroatoms. The van der Waals surface area contributed by atoms with Crippen molar-refractivity contribution in [1.29, 1.82) is 0 Å². The number of carbonyl (C=O) groups excluding carboxylic acids is 1. The molecule has 2 rings (SSSR count). The van der Waals surface area contributed by atoms with E-state index in [2.05, 4.69) is 16.6 Å². The van der Waals surface area contributed by atoms with Crippen LogP contribution < -0.4 is 4.74 Å². The predicted molar refractivity (Wildman–Crippen MR) is 89.8 cm³/mol. The molecule has 7 nitrogen and oxygen atoms in total. The van der Waals surface area contributed by atoms with E-state index in [9.17, 15) is 13.2 Å². The summed E-state index contributed by atoms with van der Waals surface area (Å²) in [4.78, 5) is 13.4. The zero-order valence-corrected chi connectivity index (χ0v) is 15.3. The molecule has 134 valence electrons. The molecule has 1 aliphatic rings. The molecule has 0 unspecified atom stereocenters. The maximum atomic E-state index is 12.7. The second-order valence-corrected chi connectivity index (χ2v) is 7.64. The number of sulfonamides is 1. The lowest BCUT2D eigenvalue weighted by molar-refractivity contribution is -0.142. The summed E-state index contributed by atoms with van der Waals surface area (Å²) >= 11 is 6.08. The first-order valence-electron chi connectivity index (χ1n) is 7.60. The van der Waals surface area contributed by atoms with E-state index >= 15 is 0 Å². The minimum atomic E-state index is -3.59. The van der Waals surface area contributed by atoms with Crippen molar-refractivity contribution < 1.29 is 22.7 Å². The van der Waals surface area contributed by atoms with Gasteiger partial charge >= 0.3 is 5.97 Å². The van der Waals surface area contributed by atoms with Crippen molar-refractivity contribution in [3.63, 3.8) is 0 Å². The lowest BCUT2D eigenvalue weighted by atomic mass is 10.3. The van der Waals surface area contributed by atoms with Crippen molar-refractivity contribution in [2.24, 2.45) is 0 Å². The third-order valence-corrected chi connectivity index (χ3v) is 6.08. The number of halogens is 1. The van der Waals surface area contributed by atoms with Crippen LogP contribution in [0.5, 0.6) is 5.75 Å². The smallest absolute Gasteiger partial charge is 0.343 e. The zero-order valence-electron chi connectivity index (χ0n) is 13.7. The lowest BCUT2D eigenvalue weighted by Gasteiger charge is -2.33. The first-order valence-corrected chi connectivity index (χ1v) is 9.42. The lowest BCUT2D eigenvalue weighted by Crippen LogP contribution is -2.48. The van der Waals surface area contributed by atoms with Crippen molar-refractivity contribution >= 4 is 27.6 Å². The fourth-order valence-corrected chi connectivity index (χ4v) is 4.14. The highest BCUT2D eigenvalue weighted by atomic mass is 35.5. The highest BCUT2D eigenvalue weighted by Gasteiger charge is 2.28. The van der Waals surface area contributed by atoms with E-state index in [0.717, 1.165) is 6.54 Å². The van der Waals surface area contributed by atoms with E-state index < -0.39 is 16.0 Å². The third-order valence-electron chi connectivity index (χ3n) is 3.89. The van der Waals surface area contributed by atoms with Gasteiger partial charge in [0.05, 0.1) is 17.0 Å². The molecule has 0 atom stereocenters. The summed E-state index contributed by atoms with van der Waals surface area (Å²) in [6, 6.07) is 4.22. The quantitative estimate of drug-likeness (QED) is 0.695. The Hall–Kier alpha value is -1.35. The molecule has 1 aromatic rings. The van der Waals surface area contributed by atoms with Crippen LogP contribution in [0.15, 0.2) is 23.1 Å². The maximum Gasteiger partial charge on any atom is 0.343 e. The van der Waals surface area contributed by atoms with Crippen LogP contribution in [-0.2, 0) is 19.6 Å². The molecule has 1 heterocycles. The number of hydrogen-bond acceptors (Lipinski definition) is 6. The van der Waals surface area contributed by atoms with E-state index in [1.165, 1.54) is 29.6 Å². The number of nitrogens with zero attached hydrogens (tertiary/aromatic N) is 2. The number of carbonyl (C=O) groups is 1. The molecule has 0 aliphatic carbocycles. The standard InChI is InChI=1S/C15H21ClN2O5S/c1-3-17-6-8-18(9-7-17)24(20,21)12-4-5-14(13(16)10-12)23-11-15(19)22-2/h4-5,10H,3,6-9,11H2,1-2H3. The average molecular weight is 377 g/mol. The molecule has 0 N–H and O–H groups in total. The molecule has 1 fully saturated rings. The van der Waals surface area contributed by atoms with Crippen LogP contribution >= 0.6 is 11.6 Å². The van der Waals surface area contributed by atoms with Gasteiger partial charge in [-0.15, -0.1) is 0 Å². The predicted octanol–water partition coefficient (Wildman–Crippen LogP) is 1.22. The van der Waals surface area contributed by atoms with Crippen molar-refractivity contribution in [3.8, 4) is 5.75 Å². The summed E-state index contributed by atoms with van der Waals surface area (Å²) in [5.41, 5.74) is 0. The summed E-state index contributed by atoms with van der Waals surface area (Å²) in [5.74, 6) is -0.312. The number of methoxy groups -OCH3 is 1. The van der Waals surface area contributed by atoms with Gasteiger partial charge in [0.25, 0.3) is 0 Å². The summed E-state index contributed by atoms with van der Waals surface area (Å²) < 4.78 is 36.5. The molecule has 0 spiro atoms. The first kappa shape index (κ1) is 19.0. The normalized spacial score (nSPS) is 16.8. The molecular weight excluding hydrogens is 356 g/mol. The van der Waals surface area contributed by atoms with Crippen molar-refractivity contribution in [3.05, 3.63) is 23.2 Å². The average Bonchev–Trinajstić information content (AvgIpc) is 2.60.